The standard InChI is InChI=1S/C9H6BrIOS/c10-3-5-4-13-9-6(11)1-2-7(12)8(5)9/h1-2,4,12H,3H2. The molecule has 2 rings (SSSR count). The second-order valence-corrected chi connectivity index (χ2v) is 5.27. The van der Waals surface area contributed by atoms with Crippen molar-refractivity contribution in [2.45, 2.75) is 5.33 Å². The van der Waals surface area contributed by atoms with Crippen LogP contribution in [-0.2, 0) is 5.33 Å². The highest BCUT2D eigenvalue weighted by Gasteiger charge is 2.09. The third kappa shape index (κ3) is 1.59. The molecule has 0 amide bonds. The molecule has 1 aromatic heterocycles. The van der Waals surface area contributed by atoms with Gasteiger partial charge in [0.05, 0.1) is 4.70 Å². The summed E-state index contributed by atoms with van der Waals surface area (Å²) in [7, 11) is 0. The van der Waals surface area contributed by atoms with Crippen LogP contribution >= 0.6 is 49.9 Å². The van der Waals surface area contributed by atoms with E-state index in [9.17, 15) is 5.11 Å². The number of rotatable bonds is 1. The van der Waals surface area contributed by atoms with Crippen LogP contribution in [0.3, 0.4) is 0 Å². The molecule has 0 saturated heterocycles. The Labute approximate surface area is 102 Å². The van der Waals surface area contributed by atoms with Crippen LogP contribution in [0.25, 0.3) is 10.1 Å². The number of thiophene rings is 1. The van der Waals surface area contributed by atoms with E-state index in [2.05, 4.69) is 43.9 Å². The number of phenols is 1. The second-order valence-electron chi connectivity index (χ2n) is 2.67. The first-order chi connectivity index (χ1) is 6.24. The minimum Gasteiger partial charge on any atom is -0.507 e. The molecular weight excluding hydrogens is 363 g/mol. The van der Waals surface area contributed by atoms with Gasteiger partial charge in [0.2, 0.25) is 0 Å². The molecule has 1 nitrogen and oxygen atoms in total. The normalized spacial score (nSPS) is 10.9. The number of benzene rings is 1. The average Bonchev–Trinajstić information content (AvgIpc) is 2.56. The fourth-order valence-corrected chi connectivity index (χ4v) is 3.74. The van der Waals surface area contributed by atoms with Crippen LogP contribution in [0.4, 0.5) is 0 Å². The molecule has 0 aliphatic rings. The Kier molecular flexibility index (Phi) is 2.80. The summed E-state index contributed by atoms with van der Waals surface area (Å²) < 4.78 is 2.37. The lowest BCUT2D eigenvalue weighted by atomic mass is 10.2. The van der Waals surface area contributed by atoms with Crippen LogP contribution < -0.4 is 0 Å². The number of hydrogen-bond acceptors (Lipinski definition) is 2. The Balaban J connectivity index is 2.87. The zero-order chi connectivity index (χ0) is 9.42. The first-order valence-corrected chi connectivity index (χ1v) is 6.75. The van der Waals surface area contributed by atoms with E-state index >= 15 is 0 Å². The second kappa shape index (κ2) is 3.74. The van der Waals surface area contributed by atoms with Gasteiger partial charge in [-0.15, -0.1) is 11.3 Å². The fourth-order valence-electron chi connectivity index (χ4n) is 1.26. The van der Waals surface area contributed by atoms with Gasteiger partial charge in [-0.2, -0.15) is 0 Å². The Morgan fingerprint density at radius 3 is 2.92 bits per heavy atom. The maximum atomic E-state index is 9.68. The molecule has 1 N–H and O–H groups in total. The molecule has 4 heteroatoms. The Morgan fingerprint density at radius 2 is 2.23 bits per heavy atom. The zero-order valence-corrected chi connectivity index (χ0v) is 11.1. The van der Waals surface area contributed by atoms with Crippen molar-refractivity contribution in [1.29, 1.82) is 0 Å². The lowest BCUT2D eigenvalue weighted by Gasteiger charge is -1.99. The largest absolute Gasteiger partial charge is 0.507 e. The number of aromatic hydroxyl groups is 1. The van der Waals surface area contributed by atoms with Crippen LogP contribution in [-0.4, -0.2) is 5.11 Å². The smallest absolute Gasteiger partial charge is 0.124 e. The quantitative estimate of drug-likeness (QED) is 0.593. The van der Waals surface area contributed by atoms with Gasteiger partial charge in [0.15, 0.2) is 0 Å². The van der Waals surface area contributed by atoms with E-state index in [1.807, 2.05) is 6.07 Å². The minimum absolute atomic E-state index is 0.381. The third-order valence-corrected chi connectivity index (χ3v) is 4.80. The molecule has 0 bridgehead atoms. The van der Waals surface area contributed by atoms with E-state index in [1.165, 1.54) is 8.27 Å². The average molecular weight is 369 g/mol. The maximum Gasteiger partial charge on any atom is 0.124 e. The number of alkyl halides is 1. The highest BCUT2D eigenvalue weighted by molar-refractivity contribution is 14.1. The van der Waals surface area contributed by atoms with Gasteiger partial charge in [-0.05, 0) is 45.7 Å². The Hall–Kier alpha value is 0.190. The lowest BCUT2D eigenvalue weighted by molar-refractivity contribution is 0.481. The molecule has 0 aliphatic carbocycles. The van der Waals surface area contributed by atoms with Crippen LogP contribution in [0.1, 0.15) is 5.56 Å². The van der Waals surface area contributed by atoms with Crippen molar-refractivity contribution in [3.8, 4) is 5.75 Å². The molecule has 0 aliphatic heterocycles. The van der Waals surface area contributed by atoms with E-state index < -0.39 is 0 Å². The van der Waals surface area contributed by atoms with E-state index in [4.69, 9.17) is 0 Å². The summed E-state index contributed by atoms with van der Waals surface area (Å²) in [4.78, 5) is 0. The van der Waals surface area contributed by atoms with Crippen molar-refractivity contribution in [3.05, 3.63) is 26.6 Å². The van der Waals surface area contributed by atoms with Gasteiger partial charge in [-0.25, -0.2) is 0 Å². The highest BCUT2D eigenvalue weighted by atomic mass is 127. The fraction of sp³-hybridized carbons (Fsp3) is 0.111. The summed E-state index contributed by atoms with van der Waals surface area (Å²) in [5.41, 5.74) is 1.16. The summed E-state index contributed by atoms with van der Waals surface area (Å²) in [5.74, 6) is 0.381. The first-order valence-electron chi connectivity index (χ1n) is 3.67. The molecule has 13 heavy (non-hydrogen) atoms. The predicted octanol–water partition coefficient (Wildman–Crippen LogP) is 4.11. The van der Waals surface area contributed by atoms with Gasteiger partial charge in [-0.1, -0.05) is 15.9 Å². The van der Waals surface area contributed by atoms with Gasteiger partial charge in [0, 0.05) is 14.3 Å². The van der Waals surface area contributed by atoms with Crippen molar-refractivity contribution in [2.24, 2.45) is 0 Å². The Bertz CT molecular complexity index is 452. The number of hydrogen-bond donors (Lipinski definition) is 1. The van der Waals surface area contributed by atoms with Crippen LogP contribution in [0.15, 0.2) is 17.5 Å². The van der Waals surface area contributed by atoms with Crippen LogP contribution in [0.5, 0.6) is 5.75 Å². The van der Waals surface area contributed by atoms with E-state index in [1.54, 1.807) is 17.4 Å². The van der Waals surface area contributed by atoms with Crippen LogP contribution in [0.2, 0.25) is 0 Å². The van der Waals surface area contributed by atoms with Crippen molar-refractivity contribution in [1.82, 2.24) is 0 Å². The monoisotopic (exact) mass is 368 g/mol. The Morgan fingerprint density at radius 1 is 1.46 bits per heavy atom. The van der Waals surface area contributed by atoms with E-state index in [0.717, 1.165) is 16.3 Å². The highest BCUT2D eigenvalue weighted by Crippen LogP contribution is 2.36. The lowest BCUT2D eigenvalue weighted by Crippen LogP contribution is -1.76. The molecule has 0 radical (unpaired) electrons. The van der Waals surface area contributed by atoms with E-state index in [-0.39, 0.29) is 0 Å². The third-order valence-electron chi connectivity index (χ3n) is 1.87. The SMILES string of the molecule is Oc1ccc(I)c2scc(CBr)c12. The van der Waals surface area contributed by atoms with Gasteiger partial charge >= 0.3 is 0 Å². The maximum absolute atomic E-state index is 9.68. The molecular formula is C9H6BrIOS. The molecule has 0 fully saturated rings. The van der Waals surface area contributed by atoms with E-state index in [0.29, 0.717) is 5.75 Å². The molecule has 0 spiro atoms. The summed E-state index contributed by atoms with van der Waals surface area (Å²) in [6.45, 7) is 0. The predicted molar refractivity (Wildman–Crippen MR) is 68.8 cm³/mol. The van der Waals surface area contributed by atoms with Crippen molar-refractivity contribution in [2.75, 3.05) is 0 Å². The molecule has 2 aromatic rings. The zero-order valence-electron chi connectivity index (χ0n) is 6.55. The molecule has 0 atom stereocenters. The first kappa shape index (κ1) is 9.73. The summed E-state index contributed by atoms with van der Waals surface area (Å²) in [5, 5.41) is 13.6. The van der Waals surface area contributed by atoms with Gasteiger partial charge < -0.3 is 5.11 Å². The van der Waals surface area contributed by atoms with Gasteiger partial charge in [-0.3, -0.25) is 0 Å². The van der Waals surface area contributed by atoms with Crippen molar-refractivity contribution in [3.63, 3.8) is 0 Å². The summed E-state index contributed by atoms with van der Waals surface area (Å²) in [6, 6.07) is 3.69. The van der Waals surface area contributed by atoms with Crippen LogP contribution in [0, 0.1) is 3.57 Å². The molecule has 0 unspecified atom stereocenters. The van der Waals surface area contributed by atoms with Crippen molar-refractivity contribution < 1.29 is 5.11 Å². The summed E-state index contributed by atoms with van der Waals surface area (Å²) >= 11 is 7.38. The molecule has 0 saturated carbocycles. The minimum atomic E-state index is 0.381. The van der Waals surface area contributed by atoms with Gasteiger partial charge in [0.1, 0.15) is 5.75 Å². The van der Waals surface area contributed by atoms with Gasteiger partial charge in [0.25, 0.3) is 0 Å². The number of halogens is 2. The summed E-state index contributed by atoms with van der Waals surface area (Å²) in [6.07, 6.45) is 0. The van der Waals surface area contributed by atoms with Crippen molar-refractivity contribution >= 4 is 59.9 Å². The molecule has 68 valence electrons. The molecule has 1 aromatic carbocycles. The molecule has 1 heterocycles. The topological polar surface area (TPSA) is 20.2 Å². The number of fused-ring (bicyclic) bond motifs is 1. The number of phenolic OH excluding ortho intramolecular Hbond substituents is 1.